The van der Waals surface area contributed by atoms with E-state index >= 15 is 0 Å². The van der Waals surface area contributed by atoms with Crippen LogP contribution in [0, 0.1) is 0 Å². The molecule has 2 aromatic carbocycles. The highest BCUT2D eigenvalue weighted by molar-refractivity contribution is 7.89. The van der Waals surface area contributed by atoms with Crippen LogP contribution in [-0.4, -0.2) is 45.0 Å². The molecular weight excluding hydrogens is 430 g/mol. The Kier molecular flexibility index (Phi) is 6.05. The molecule has 10 heteroatoms. The second kappa shape index (κ2) is 8.73. The first-order valence-corrected chi connectivity index (χ1v) is 11.2. The molecule has 1 aliphatic rings. The van der Waals surface area contributed by atoms with E-state index in [9.17, 15) is 8.42 Å². The fourth-order valence-electron chi connectivity index (χ4n) is 3.11. The maximum absolute atomic E-state index is 12.7. The Morgan fingerprint density at radius 3 is 2.63 bits per heavy atom. The summed E-state index contributed by atoms with van der Waals surface area (Å²) in [6.07, 6.45) is 1.67. The lowest BCUT2D eigenvalue weighted by molar-refractivity contribution is 0.114. The summed E-state index contributed by atoms with van der Waals surface area (Å²) in [7, 11) is -2.16. The number of aromatic nitrogens is 2. The van der Waals surface area contributed by atoms with Gasteiger partial charge in [-0.15, -0.1) is 10.2 Å². The molecule has 0 amide bonds. The monoisotopic (exact) mass is 449 g/mol. The van der Waals surface area contributed by atoms with E-state index in [1.54, 1.807) is 31.4 Å². The molecule has 2 heterocycles. The SMILES string of the molecule is COc1ccc(-c2nnc(-c3cc(S(=O)(=O)NCC4CCCO4)ccc3Cl)o2)cc1. The molecule has 1 unspecified atom stereocenters. The van der Waals surface area contributed by atoms with Gasteiger partial charge in [-0.25, -0.2) is 13.1 Å². The normalized spacial score (nSPS) is 16.7. The first-order valence-electron chi connectivity index (χ1n) is 9.35. The maximum Gasteiger partial charge on any atom is 0.249 e. The lowest BCUT2D eigenvalue weighted by Gasteiger charge is -2.12. The van der Waals surface area contributed by atoms with Crippen LogP contribution >= 0.6 is 11.6 Å². The average Bonchev–Trinajstić information content (AvgIpc) is 3.45. The Balaban J connectivity index is 1.58. The molecular formula is C20H20ClN3O5S. The maximum atomic E-state index is 12.7. The van der Waals surface area contributed by atoms with Gasteiger partial charge in [-0.2, -0.15) is 0 Å². The summed E-state index contributed by atoms with van der Waals surface area (Å²) in [5.41, 5.74) is 1.04. The Labute approximate surface area is 179 Å². The van der Waals surface area contributed by atoms with E-state index in [2.05, 4.69) is 14.9 Å². The van der Waals surface area contributed by atoms with Crippen molar-refractivity contribution in [3.8, 4) is 28.7 Å². The van der Waals surface area contributed by atoms with Crippen LogP contribution in [0.25, 0.3) is 22.9 Å². The number of nitrogens with zero attached hydrogens (tertiary/aromatic N) is 2. The summed E-state index contributed by atoms with van der Waals surface area (Å²) < 4.78 is 44.3. The van der Waals surface area contributed by atoms with Crippen molar-refractivity contribution in [2.24, 2.45) is 0 Å². The molecule has 0 radical (unpaired) electrons. The predicted octanol–water partition coefficient (Wildman–Crippen LogP) is 3.52. The van der Waals surface area contributed by atoms with Crippen molar-refractivity contribution in [2.45, 2.75) is 23.8 Å². The van der Waals surface area contributed by atoms with Crippen molar-refractivity contribution in [1.29, 1.82) is 0 Å². The third kappa shape index (κ3) is 4.49. The summed E-state index contributed by atoms with van der Waals surface area (Å²) in [5, 5.41) is 8.38. The van der Waals surface area contributed by atoms with Crippen LogP contribution in [0.1, 0.15) is 12.8 Å². The molecule has 0 bridgehead atoms. The van der Waals surface area contributed by atoms with Crippen molar-refractivity contribution in [3.05, 3.63) is 47.5 Å². The van der Waals surface area contributed by atoms with Gasteiger partial charge in [0, 0.05) is 18.7 Å². The number of rotatable bonds is 7. The molecule has 1 aromatic heterocycles. The quantitative estimate of drug-likeness (QED) is 0.588. The smallest absolute Gasteiger partial charge is 0.249 e. The van der Waals surface area contributed by atoms with E-state index < -0.39 is 10.0 Å². The second-order valence-corrected chi connectivity index (χ2v) is 8.94. The van der Waals surface area contributed by atoms with Crippen molar-refractivity contribution >= 4 is 21.6 Å². The Bertz CT molecular complexity index is 1130. The number of halogens is 1. The first kappa shape index (κ1) is 20.8. The third-order valence-electron chi connectivity index (χ3n) is 4.77. The molecule has 1 N–H and O–H groups in total. The van der Waals surface area contributed by atoms with Crippen molar-refractivity contribution in [3.63, 3.8) is 0 Å². The number of benzene rings is 2. The number of sulfonamides is 1. The highest BCUT2D eigenvalue weighted by atomic mass is 35.5. The molecule has 3 aromatic rings. The molecule has 158 valence electrons. The minimum atomic E-state index is -3.74. The van der Waals surface area contributed by atoms with Gasteiger partial charge in [-0.1, -0.05) is 11.6 Å². The number of ether oxygens (including phenoxy) is 2. The molecule has 1 fully saturated rings. The van der Waals surface area contributed by atoms with Crippen molar-refractivity contribution < 1.29 is 22.3 Å². The van der Waals surface area contributed by atoms with Crippen LogP contribution < -0.4 is 9.46 Å². The summed E-state index contributed by atoms with van der Waals surface area (Å²) >= 11 is 6.28. The standard InChI is InChI=1S/C20H20ClN3O5S/c1-27-14-6-4-13(5-7-14)19-23-24-20(29-19)17-11-16(8-9-18(17)21)30(25,26)22-12-15-3-2-10-28-15/h4-9,11,15,22H,2-3,10,12H2,1H3. The summed E-state index contributed by atoms with van der Waals surface area (Å²) in [6, 6.07) is 11.5. The summed E-state index contributed by atoms with van der Waals surface area (Å²) in [4.78, 5) is 0.0593. The van der Waals surface area contributed by atoms with Crippen LogP contribution in [0.15, 0.2) is 51.8 Å². The summed E-state index contributed by atoms with van der Waals surface area (Å²) in [5.74, 6) is 1.12. The zero-order valence-corrected chi connectivity index (χ0v) is 17.7. The van der Waals surface area contributed by atoms with Crippen LogP contribution in [0.5, 0.6) is 5.75 Å². The van der Waals surface area contributed by atoms with Gasteiger partial charge in [0.15, 0.2) is 0 Å². The van der Waals surface area contributed by atoms with Gasteiger partial charge in [0.25, 0.3) is 0 Å². The van der Waals surface area contributed by atoms with E-state index in [4.69, 9.17) is 25.5 Å². The van der Waals surface area contributed by atoms with Gasteiger partial charge in [-0.05, 0) is 55.3 Å². The van der Waals surface area contributed by atoms with Gasteiger partial charge in [0.05, 0.1) is 28.7 Å². The van der Waals surface area contributed by atoms with Crippen LogP contribution in [0.3, 0.4) is 0 Å². The Morgan fingerprint density at radius 1 is 1.17 bits per heavy atom. The minimum absolute atomic E-state index is 0.0593. The number of nitrogens with one attached hydrogen (secondary N) is 1. The van der Waals surface area contributed by atoms with E-state index in [0.29, 0.717) is 28.5 Å². The molecule has 0 saturated carbocycles. The Hall–Kier alpha value is -2.46. The van der Waals surface area contributed by atoms with Crippen LogP contribution in [-0.2, 0) is 14.8 Å². The predicted molar refractivity (Wildman–Crippen MR) is 111 cm³/mol. The summed E-state index contributed by atoms with van der Waals surface area (Å²) in [6.45, 7) is 0.883. The largest absolute Gasteiger partial charge is 0.497 e. The molecule has 30 heavy (non-hydrogen) atoms. The molecule has 0 spiro atoms. The minimum Gasteiger partial charge on any atom is -0.497 e. The van der Waals surface area contributed by atoms with Gasteiger partial charge in [0.1, 0.15) is 5.75 Å². The molecule has 1 aliphatic heterocycles. The Morgan fingerprint density at radius 2 is 1.93 bits per heavy atom. The van der Waals surface area contributed by atoms with E-state index in [1.807, 2.05) is 0 Å². The molecule has 1 atom stereocenters. The highest BCUT2D eigenvalue weighted by Crippen LogP contribution is 2.31. The second-order valence-electron chi connectivity index (χ2n) is 6.77. The number of hydrogen-bond acceptors (Lipinski definition) is 7. The fourth-order valence-corrected chi connectivity index (χ4v) is 4.40. The van der Waals surface area contributed by atoms with Crippen molar-refractivity contribution in [2.75, 3.05) is 20.3 Å². The zero-order chi connectivity index (χ0) is 21.1. The van der Waals surface area contributed by atoms with Gasteiger partial charge < -0.3 is 13.9 Å². The van der Waals surface area contributed by atoms with Gasteiger partial charge in [-0.3, -0.25) is 0 Å². The molecule has 8 nitrogen and oxygen atoms in total. The topological polar surface area (TPSA) is 104 Å². The van der Waals surface area contributed by atoms with Crippen LogP contribution in [0.4, 0.5) is 0 Å². The molecule has 1 saturated heterocycles. The number of methoxy groups -OCH3 is 1. The molecule has 4 rings (SSSR count). The fraction of sp³-hybridized carbons (Fsp3) is 0.300. The van der Waals surface area contributed by atoms with Gasteiger partial charge >= 0.3 is 0 Å². The lowest BCUT2D eigenvalue weighted by Crippen LogP contribution is -2.31. The van der Waals surface area contributed by atoms with E-state index in [-0.39, 0.29) is 29.3 Å². The number of hydrogen-bond donors (Lipinski definition) is 1. The molecule has 0 aliphatic carbocycles. The van der Waals surface area contributed by atoms with Crippen molar-refractivity contribution in [1.82, 2.24) is 14.9 Å². The average molecular weight is 450 g/mol. The van der Waals surface area contributed by atoms with E-state index in [0.717, 1.165) is 12.8 Å². The van der Waals surface area contributed by atoms with Gasteiger partial charge in [0.2, 0.25) is 21.8 Å². The zero-order valence-electron chi connectivity index (χ0n) is 16.2. The highest BCUT2D eigenvalue weighted by Gasteiger charge is 2.22. The van der Waals surface area contributed by atoms with E-state index in [1.165, 1.54) is 18.2 Å². The third-order valence-corrected chi connectivity index (χ3v) is 6.52. The lowest BCUT2D eigenvalue weighted by atomic mass is 10.2. The van der Waals surface area contributed by atoms with Crippen LogP contribution in [0.2, 0.25) is 5.02 Å². The first-order chi connectivity index (χ1) is 14.5.